The van der Waals surface area contributed by atoms with Gasteiger partial charge in [0.25, 0.3) is 5.91 Å². The van der Waals surface area contributed by atoms with Gasteiger partial charge in [-0.25, -0.2) is 5.43 Å². The van der Waals surface area contributed by atoms with Gasteiger partial charge >= 0.3 is 0 Å². The molecule has 0 radical (unpaired) electrons. The van der Waals surface area contributed by atoms with Crippen molar-refractivity contribution in [2.75, 3.05) is 0 Å². The van der Waals surface area contributed by atoms with Crippen LogP contribution in [0.4, 0.5) is 0 Å². The number of aliphatic hydroxyl groups is 4. The standard InChI is InChI=1S/C12H17N3O5/c1-7(16)10(18)11(19)9(17)6-14-15-12(20)8-4-2-3-5-13-8/h2-7,9-11,16-19H,1H3,(H,15,20)/b14-6+/t7-,9-,10-,11-/m0/s1. The first-order chi connectivity index (χ1) is 9.43. The highest BCUT2D eigenvalue weighted by molar-refractivity contribution is 5.92. The van der Waals surface area contributed by atoms with Crippen molar-refractivity contribution in [2.45, 2.75) is 31.3 Å². The number of amides is 1. The molecule has 0 saturated heterocycles. The van der Waals surface area contributed by atoms with Crippen LogP contribution < -0.4 is 5.43 Å². The van der Waals surface area contributed by atoms with E-state index in [1.165, 1.54) is 19.2 Å². The summed E-state index contributed by atoms with van der Waals surface area (Å²) in [6.07, 6.45) is -3.61. The van der Waals surface area contributed by atoms with Gasteiger partial charge in [-0.1, -0.05) is 6.07 Å². The third-order valence-corrected chi connectivity index (χ3v) is 2.48. The van der Waals surface area contributed by atoms with Crippen molar-refractivity contribution in [3.63, 3.8) is 0 Å². The molecule has 0 unspecified atom stereocenters. The van der Waals surface area contributed by atoms with Crippen LogP contribution in [0.1, 0.15) is 17.4 Å². The predicted molar refractivity (Wildman–Crippen MR) is 69.9 cm³/mol. The average Bonchev–Trinajstić information content (AvgIpc) is 2.46. The van der Waals surface area contributed by atoms with E-state index in [1.54, 1.807) is 12.1 Å². The fourth-order valence-corrected chi connectivity index (χ4v) is 1.30. The molecule has 8 heteroatoms. The largest absolute Gasteiger partial charge is 0.391 e. The van der Waals surface area contributed by atoms with E-state index in [-0.39, 0.29) is 5.69 Å². The van der Waals surface area contributed by atoms with Gasteiger partial charge in [0.1, 0.15) is 24.0 Å². The Morgan fingerprint density at radius 3 is 2.55 bits per heavy atom. The molecule has 4 atom stereocenters. The lowest BCUT2D eigenvalue weighted by molar-refractivity contribution is -0.0821. The summed E-state index contributed by atoms with van der Waals surface area (Å²) in [6.45, 7) is 1.26. The molecule has 110 valence electrons. The lowest BCUT2D eigenvalue weighted by atomic mass is 10.1. The van der Waals surface area contributed by atoms with Gasteiger partial charge in [0.2, 0.25) is 0 Å². The minimum Gasteiger partial charge on any atom is -0.391 e. The summed E-state index contributed by atoms with van der Waals surface area (Å²) in [4.78, 5) is 15.3. The zero-order chi connectivity index (χ0) is 15.1. The van der Waals surface area contributed by atoms with Gasteiger partial charge in [0.15, 0.2) is 0 Å². The van der Waals surface area contributed by atoms with Crippen LogP contribution in [0.5, 0.6) is 0 Å². The second kappa shape index (κ2) is 7.65. The van der Waals surface area contributed by atoms with Crippen molar-refractivity contribution in [3.8, 4) is 0 Å². The van der Waals surface area contributed by atoms with E-state index in [4.69, 9.17) is 5.11 Å². The number of aliphatic hydroxyl groups excluding tert-OH is 4. The molecule has 5 N–H and O–H groups in total. The predicted octanol–water partition coefficient (Wildman–Crippen LogP) is -1.74. The van der Waals surface area contributed by atoms with Gasteiger partial charge < -0.3 is 20.4 Å². The molecule has 0 aliphatic rings. The Kier molecular flexibility index (Phi) is 6.19. The second-order valence-corrected chi connectivity index (χ2v) is 4.15. The first kappa shape index (κ1) is 16.2. The number of nitrogens with one attached hydrogen (secondary N) is 1. The Hall–Kier alpha value is -1.87. The van der Waals surface area contributed by atoms with Gasteiger partial charge in [0, 0.05) is 6.20 Å². The van der Waals surface area contributed by atoms with E-state index in [0.717, 1.165) is 6.21 Å². The van der Waals surface area contributed by atoms with Crippen LogP contribution in [0, 0.1) is 0 Å². The van der Waals surface area contributed by atoms with Crippen molar-refractivity contribution in [1.29, 1.82) is 0 Å². The molecule has 0 aromatic carbocycles. The molecule has 0 bridgehead atoms. The van der Waals surface area contributed by atoms with Crippen LogP contribution in [0.15, 0.2) is 29.5 Å². The van der Waals surface area contributed by atoms with Crippen LogP contribution in [0.25, 0.3) is 0 Å². The second-order valence-electron chi connectivity index (χ2n) is 4.15. The number of rotatable bonds is 6. The van der Waals surface area contributed by atoms with E-state index < -0.39 is 30.3 Å². The minimum atomic E-state index is -1.62. The van der Waals surface area contributed by atoms with E-state index in [2.05, 4.69) is 15.5 Å². The molecule has 20 heavy (non-hydrogen) atoms. The molecule has 0 spiro atoms. The molecule has 8 nitrogen and oxygen atoms in total. The summed E-state index contributed by atoms with van der Waals surface area (Å²) < 4.78 is 0. The number of aromatic nitrogens is 1. The molecule has 1 rings (SSSR count). The fourth-order valence-electron chi connectivity index (χ4n) is 1.30. The number of hydrazone groups is 1. The molecule has 0 fully saturated rings. The number of nitrogens with zero attached hydrogens (tertiary/aromatic N) is 2. The third-order valence-electron chi connectivity index (χ3n) is 2.48. The van der Waals surface area contributed by atoms with Gasteiger partial charge in [-0.05, 0) is 19.1 Å². The smallest absolute Gasteiger partial charge is 0.289 e. The monoisotopic (exact) mass is 283 g/mol. The molecular formula is C12H17N3O5. The van der Waals surface area contributed by atoms with Crippen molar-refractivity contribution in [2.24, 2.45) is 5.10 Å². The normalized spacial score (nSPS) is 17.4. The SMILES string of the molecule is C[C@H](O)[C@H](O)[C@@H](O)[C@@H](O)/C=N/NC(=O)c1ccccn1. The van der Waals surface area contributed by atoms with Gasteiger partial charge in [-0.3, -0.25) is 9.78 Å². The quantitative estimate of drug-likeness (QED) is 0.311. The molecule has 1 aromatic rings. The topological polar surface area (TPSA) is 135 Å². The summed E-state index contributed by atoms with van der Waals surface area (Å²) >= 11 is 0. The van der Waals surface area contributed by atoms with Crippen molar-refractivity contribution in [3.05, 3.63) is 30.1 Å². The van der Waals surface area contributed by atoms with Crippen LogP contribution in [-0.4, -0.2) is 61.9 Å². The van der Waals surface area contributed by atoms with Crippen molar-refractivity contribution in [1.82, 2.24) is 10.4 Å². The maximum atomic E-state index is 11.5. The minimum absolute atomic E-state index is 0.142. The summed E-state index contributed by atoms with van der Waals surface area (Å²) in [6, 6.07) is 4.76. The maximum absolute atomic E-state index is 11.5. The van der Waals surface area contributed by atoms with Crippen LogP contribution in [0.2, 0.25) is 0 Å². The lowest BCUT2D eigenvalue weighted by Gasteiger charge is -2.22. The molecule has 1 amide bonds. The number of hydrogen-bond donors (Lipinski definition) is 5. The van der Waals surface area contributed by atoms with E-state index in [1.807, 2.05) is 0 Å². The molecule has 0 aliphatic carbocycles. The van der Waals surface area contributed by atoms with Gasteiger partial charge in [0.05, 0.1) is 12.3 Å². The lowest BCUT2D eigenvalue weighted by Crippen LogP contribution is -2.44. The first-order valence-electron chi connectivity index (χ1n) is 5.90. The molecular weight excluding hydrogens is 266 g/mol. The Bertz CT molecular complexity index is 452. The summed E-state index contributed by atoms with van der Waals surface area (Å²) in [5, 5.41) is 40.8. The highest BCUT2D eigenvalue weighted by Crippen LogP contribution is 2.03. The highest BCUT2D eigenvalue weighted by Gasteiger charge is 2.27. The Labute approximate surface area is 115 Å². The van der Waals surface area contributed by atoms with Crippen LogP contribution in [-0.2, 0) is 0 Å². The molecule has 0 saturated carbocycles. The Morgan fingerprint density at radius 1 is 1.30 bits per heavy atom. The Balaban J connectivity index is 2.50. The van der Waals surface area contributed by atoms with Crippen molar-refractivity contribution < 1.29 is 25.2 Å². The van der Waals surface area contributed by atoms with Crippen molar-refractivity contribution >= 4 is 12.1 Å². The zero-order valence-electron chi connectivity index (χ0n) is 10.8. The molecule has 0 aliphatic heterocycles. The fraction of sp³-hybridized carbons (Fsp3) is 0.417. The van der Waals surface area contributed by atoms with Gasteiger partial charge in [-0.15, -0.1) is 0 Å². The van der Waals surface area contributed by atoms with E-state index in [0.29, 0.717) is 0 Å². The third kappa shape index (κ3) is 4.67. The number of hydrogen-bond acceptors (Lipinski definition) is 7. The van der Waals surface area contributed by atoms with Crippen LogP contribution in [0.3, 0.4) is 0 Å². The zero-order valence-corrected chi connectivity index (χ0v) is 10.8. The summed E-state index contributed by atoms with van der Waals surface area (Å²) in [7, 11) is 0. The van der Waals surface area contributed by atoms with Gasteiger partial charge in [-0.2, -0.15) is 5.10 Å². The first-order valence-corrected chi connectivity index (χ1v) is 5.90. The summed E-state index contributed by atoms with van der Waals surface area (Å²) in [5.41, 5.74) is 2.25. The van der Waals surface area contributed by atoms with Crippen LogP contribution >= 0.6 is 0 Å². The highest BCUT2D eigenvalue weighted by atomic mass is 16.4. The number of pyridine rings is 1. The van der Waals surface area contributed by atoms with E-state index >= 15 is 0 Å². The molecule has 1 heterocycles. The van der Waals surface area contributed by atoms with E-state index in [9.17, 15) is 20.1 Å². The average molecular weight is 283 g/mol. The summed E-state index contributed by atoms with van der Waals surface area (Å²) in [5.74, 6) is -0.584. The number of carbonyl (C=O) groups is 1. The number of carbonyl (C=O) groups excluding carboxylic acids is 1. The molecule has 1 aromatic heterocycles. The Morgan fingerprint density at radius 2 is 2.00 bits per heavy atom. The maximum Gasteiger partial charge on any atom is 0.289 e.